The molecule has 1 saturated heterocycles. The molecule has 1 aliphatic heterocycles. The lowest BCUT2D eigenvalue weighted by molar-refractivity contribution is 0.0686. The summed E-state index contributed by atoms with van der Waals surface area (Å²) in [7, 11) is 0. The molecule has 2 rings (SSSR count). The van der Waals surface area contributed by atoms with Crippen LogP contribution < -0.4 is 5.32 Å². The molecule has 0 radical (unpaired) electrons. The van der Waals surface area contributed by atoms with Gasteiger partial charge in [0.05, 0.1) is 0 Å². The third-order valence-corrected chi connectivity index (χ3v) is 5.98. The Morgan fingerprint density at radius 2 is 1.71 bits per heavy atom. The second kappa shape index (κ2) is 7.46. The lowest BCUT2D eigenvalue weighted by Gasteiger charge is -2.43. The molecule has 0 aromatic heterocycles. The highest BCUT2D eigenvalue weighted by molar-refractivity contribution is 4.91. The fraction of sp³-hybridized carbons (Fsp3) is 1.00. The summed E-state index contributed by atoms with van der Waals surface area (Å²) in [6, 6.07) is 0.601. The zero-order valence-electron chi connectivity index (χ0n) is 15.0. The quantitative estimate of drug-likeness (QED) is 0.746. The first-order valence-corrected chi connectivity index (χ1v) is 9.43. The summed E-state index contributed by atoms with van der Waals surface area (Å²) in [4.78, 5) is 2.77. The maximum atomic E-state index is 3.68. The van der Waals surface area contributed by atoms with Crippen molar-refractivity contribution in [2.75, 3.05) is 26.2 Å². The van der Waals surface area contributed by atoms with Gasteiger partial charge in [0.15, 0.2) is 0 Å². The monoisotopic (exact) mass is 294 g/mol. The fourth-order valence-corrected chi connectivity index (χ4v) is 4.63. The average molecular weight is 295 g/mol. The molecular formula is C19H38N2. The van der Waals surface area contributed by atoms with Crippen molar-refractivity contribution in [3.8, 4) is 0 Å². The Kier molecular flexibility index (Phi) is 6.14. The van der Waals surface area contributed by atoms with Crippen LogP contribution in [-0.4, -0.2) is 37.1 Å². The smallest absolute Gasteiger partial charge is 0.00475 e. The normalized spacial score (nSPS) is 25.6. The molecule has 2 fully saturated rings. The van der Waals surface area contributed by atoms with Crippen LogP contribution in [-0.2, 0) is 0 Å². The van der Waals surface area contributed by atoms with Gasteiger partial charge in [0.2, 0.25) is 0 Å². The SMILES string of the molecule is CCCC(C)(CNC(C)C)CN1CCC2(CCCC2)CC1. The molecule has 1 heterocycles. The van der Waals surface area contributed by atoms with Crippen molar-refractivity contribution in [3.05, 3.63) is 0 Å². The first-order chi connectivity index (χ1) is 9.97. The number of hydrogen-bond donors (Lipinski definition) is 1. The molecule has 21 heavy (non-hydrogen) atoms. The van der Waals surface area contributed by atoms with Crippen LogP contribution in [0.5, 0.6) is 0 Å². The van der Waals surface area contributed by atoms with E-state index in [9.17, 15) is 0 Å². The number of piperidine rings is 1. The van der Waals surface area contributed by atoms with Crippen molar-refractivity contribution in [2.24, 2.45) is 10.8 Å². The van der Waals surface area contributed by atoms with E-state index in [4.69, 9.17) is 0 Å². The van der Waals surface area contributed by atoms with Gasteiger partial charge < -0.3 is 10.2 Å². The van der Waals surface area contributed by atoms with Crippen molar-refractivity contribution in [1.29, 1.82) is 0 Å². The molecule has 1 N–H and O–H groups in total. The van der Waals surface area contributed by atoms with Gasteiger partial charge in [-0.3, -0.25) is 0 Å². The van der Waals surface area contributed by atoms with E-state index in [2.05, 4.69) is 37.9 Å². The Bertz CT molecular complexity index is 297. The van der Waals surface area contributed by atoms with Crippen LogP contribution in [0.3, 0.4) is 0 Å². The number of hydrogen-bond acceptors (Lipinski definition) is 2. The Morgan fingerprint density at radius 3 is 2.24 bits per heavy atom. The molecule has 1 unspecified atom stereocenters. The molecule has 0 aromatic rings. The van der Waals surface area contributed by atoms with Crippen LogP contribution in [0.4, 0.5) is 0 Å². The Balaban J connectivity index is 1.83. The van der Waals surface area contributed by atoms with Crippen LogP contribution in [0.25, 0.3) is 0 Å². The van der Waals surface area contributed by atoms with Crippen molar-refractivity contribution < 1.29 is 0 Å². The number of rotatable bonds is 7. The minimum Gasteiger partial charge on any atom is -0.314 e. The summed E-state index contributed by atoms with van der Waals surface area (Å²) < 4.78 is 0. The molecule has 0 amide bonds. The van der Waals surface area contributed by atoms with Gasteiger partial charge in [0.25, 0.3) is 0 Å². The second-order valence-corrected chi connectivity index (χ2v) is 8.58. The first-order valence-electron chi connectivity index (χ1n) is 9.43. The minimum absolute atomic E-state index is 0.444. The van der Waals surface area contributed by atoms with E-state index in [-0.39, 0.29) is 0 Å². The van der Waals surface area contributed by atoms with Crippen molar-refractivity contribution in [1.82, 2.24) is 10.2 Å². The van der Waals surface area contributed by atoms with Gasteiger partial charge in [-0.2, -0.15) is 0 Å². The van der Waals surface area contributed by atoms with Crippen LogP contribution in [0.2, 0.25) is 0 Å². The Hall–Kier alpha value is -0.0800. The van der Waals surface area contributed by atoms with E-state index >= 15 is 0 Å². The van der Waals surface area contributed by atoms with Gasteiger partial charge in [-0.15, -0.1) is 0 Å². The third kappa shape index (κ3) is 4.96. The molecule has 2 heteroatoms. The summed E-state index contributed by atoms with van der Waals surface area (Å²) in [5, 5.41) is 3.68. The van der Waals surface area contributed by atoms with Gasteiger partial charge in [0.1, 0.15) is 0 Å². The van der Waals surface area contributed by atoms with E-state index in [1.165, 1.54) is 77.5 Å². The van der Waals surface area contributed by atoms with Crippen LogP contribution in [0.1, 0.15) is 79.1 Å². The van der Waals surface area contributed by atoms with Gasteiger partial charge >= 0.3 is 0 Å². The van der Waals surface area contributed by atoms with E-state index in [1.54, 1.807) is 0 Å². The molecule has 2 aliphatic rings. The van der Waals surface area contributed by atoms with Crippen LogP contribution in [0, 0.1) is 10.8 Å². The van der Waals surface area contributed by atoms with Crippen molar-refractivity contribution in [3.63, 3.8) is 0 Å². The number of nitrogens with one attached hydrogen (secondary N) is 1. The topological polar surface area (TPSA) is 15.3 Å². The number of nitrogens with zero attached hydrogens (tertiary/aromatic N) is 1. The highest BCUT2D eigenvalue weighted by Gasteiger charge is 2.38. The van der Waals surface area contributed by atoms with Crippen molar-refractivity contribution in [2.45, 2.75) is 85.1 Å². The summed E-state index contributed by atoms with van der Waals surface area (Å²) in [6.07, 6.45) is 11.6. The Morgan fingerprint density at radius 1 is 1.10 bits per heavy atom. The molecule has 1 spiro atoms. The van der Waals surface area contributed by atoms with E-state index in [0.29, 0.717) is 11.5 Å². The largest absolute Gasteiger partial charge is 0.314 e. The highest BCUT2D eigenvalue weighted by Crippen LogP contribution is 2.46. The maximum absolute atomic E-state index is 3.68. The maximum Gasteiger partial charge on any atom is 0.00475 e. The summed E-state index contributed by atoms with van der Waals surface area (Å²) in [5.41, 5.74) is 1.20. The van der Waals surface area contributed by atoms with E-state index in [1.807, 2.05) is 0 Å². The van der Waals surface area contributed by atoms with E-state index in [0.717, 1.165) is 5.41 Å². The second-order valence-electron chi connectivity index (χ2n) is 8.58. The zero-order chi connectivity index (χ0) is 15.3. The van der Waals surface area contributed by atoms with Gasteiger partial charge in [0, 0.05) is 19.1 Å². The lowest BCUT2D eigenvalue weighted by Crippen LogP contribution is -2.47. The van der Waals surface area contributed by atoms with Gasteiger partial charge in [-0.25, -0.2) is 0 Å². The predicted molar refractivity (Wildman–Crippen MR) is 92.7 cm³/mol. The molecule has 124 valence electrons. The highest BCUT2D eigenvalue weighted by atomic mass is 15.1. The molecule has 2 nitrogen and oxygen atoms in total. The minimum atomic E-state index is 0.444. The Labute approximate surface area is 133 Å². The first kappa shape index (κ1) is 17.3. The summed E-state index contributed by atoms with van der Waals surface area (Å²) in [6.45, 7) is 14.5. The van der Waals surface area contributed by atoms with Crippen LogP contribution in [0.15, 0.2) is 0 Å². The van der Waals surface area contributed by atoms with Crippen LogP contribution >= 0.6 is 0 Å². The van der Waals surface area contributed by atoms with Crippen molar-refractivity contribution >= 4 is 0 Å². The standard InChI is InChI=1S/C19H38N2/c1-5-8-18(4,15-20-17(2)3)16-21-13-11-19(12-14-21)9-6-7-10-19/h17,20H,5-16H2,1-4H3. The number of likely N-dealkylation sites (tertiary alicyclic amines) is 1. The van der Waals surface area contributed by atoms with E-state index < -0.39 is 0 Å². The molecule has 0 bridgehead atoms. The molecule has 1 saturated carbocycles. The van der Waals surface area contributed by atoms with Gasteiger partial charge in [-0.1, -0.05) is 47.0 Å². The lowest BCUT2D eigenvalue weighted by atomic mass is 9.76. The zero-order valence-corrected chi connectivity index (χ0v) is 15.0. The summed E-state index contributed by atoms with van der Waals surface area (Å²) in [5.74, 6) is 0. The summed E-state index contributed by atoms with van der Waals surface area (Å²) >= 11 is 0. The average Bonchev–Trinajstić information content (AvgIpc) is 2.89. The molecule has 1 aliphatic carbocycles. The molecule has 0 aromatic carbocycles. The third-order valence-electron chi connectivity index (χ3n) is 5.98. The predicted octanol–water partition coefficient (Wildman–Crippen LogP) is 4.45. The van der Waals surface area contributed by atoms with Gasteiger partial charge in [-0.05, 0) is 56.0 Å². The molecule has 1 atom stereocenters. The fourth-order valence-electron chi connectivity index (χ4n) is 4.63. The molecular weight excluding hydrogens is 256 g/mol.